The predicted octanol–water partition coefficient (Wildman–Crippen LogP) is 5.69. The number of carbonyl (C=O) groups is 2. The van der Waals surface area contributed by atoms with Gasteiger partial charge in [0.15, 0.2) is 5.78 Å². The highest BCUT2D eigenvalue weighted by Crippen LogP contribution is 2.57. The van der Waals surface area contributed by atoms with E-state index in [2.05, 4.69) is 11.4 Å². The summed E-state index contributed by atoms with van der Waals surface area (Å²) in [4.78, 5) is 29.1. The van der Waals surface area contributed by atoms with Gasteiger partial charge in [0, 0.05) is 39.7 Å². The Hall–Kier alpha value is -2.98. The van der Waals surface area contributed by atoms with E-state index in [4.69, 9.17) is 40.5 Å². The summed E-state index contributed by atoms with van der Waals surface area (Å²) in [7, 11) is 0. The number of benzene rings is 2. The van der Waals surface area contributed by atoms with Crippen molar-refractivity contribution in [2.24, 2.45) is 11.1 Å². The molecule has 3 N–H and O–H groups in total. The van der Waals surface area contributed by atoms with Crippen LogP contribution in [-0.4, -0.2) is 11.7 Å². The maximum absolute atomic E-state index is 13.8. The number of anilines is 2. The molecule has 2 aromatic carbocycles. The SMILES string of the molecule is CC1(C)CC(=O)C2=C(C1)N(c1ccc(Cl)c(Cl)c1)C(N)=C(C#N)C21C(=O)Nc2ccc(Cl)cc21. The fourth-order valence-electron chi connectivity index (χ4n) is 5.31. The molecule has 0 aromatic heterocycles. The summed E-state index contributed by atoms with van der Waals surface area (Å²) in [6.07, 6.45) is 0.656. The summed E-state index contributed by atoms with van der Waals surface area (Å²) in [6, 6.07) is 12.0. The van der Waals surface area contributed by atoms with E-state index < -0.39 is 16.7 Å². The molecule has 0 radical (unpaired) electrons. The number of carbonyl (C=O) groups excluding carboxylic acids is 2. The molecule has 1 atom stereocenters. The first-order valence-corrected chi connectivity index (χ1v) is 11.7. The number of allylic oxidation sites excluding steroid dienone is 1. The van der Waals surface area contributed by atoms with Crippen LogP contribution in [0.25, 0.3) is 0 Å². The second-order valence-electron chi connectivity index (χ2n) is 9.46. The van der Waals surface area contributed by atoms with E-state index in [-0.39, 0.29) is 29.2 Å². The Morgan fingerprint density at radius 2 is 1.79 bits per heavy atom. The van der Waals surface area contributed by atoms with Gasteiger partial charge in [-0.25, -0.2) is 0 Å². The predicted molar refractivity (Wildman–Crippen MR) is 133 cm³/mol. The Balaban J connectivity index is 1.91. The van der Waals surface area contributed by atoms with Crippen molar-refractivity contribution < 1.29 is 9.59 Å². The molecule has 0 saturated carbocycles. The maximum Gasteiger partial charge on any atom is 0.245 e. The van der Waals surface area contributed by atoms with Crippen molar-refractivity contribution in [2.45, 2.75) is 32.1 Å². The van der Waals surface area contributed by atoms with Gasteiger partial charge in [-0.05, 0) is 48.2 Å². The molecule has 0 fully saturated rings. The standard InChI is InChI=1S/C25H19Cl3N4O2/c1-24(2)9-19-21(20(33)10-24)25(14-7-12(26)3-6-18(14)31-23(25)34)15(11-29)22(30)32(19)13-4-5-16(27)17(28)8-13/h3-8H,9-10,30H2,1-2H3,(H,31,34). The smallest absolute Gasteiger partial charge is 0.245 e. The number of hydrogen-bond donors (Lipinski definition) is 2. The van der Waals surface area contributed by atoms with E-state index in [0.717, 1.165) is 0 Å². The highest BCUT2D eigenvalue weighted by atomic mass is 35.5. The van der Waals surface area contributed by atoms with Crippen molar-refractivity contribution in [3.63, 3.8) is 0 Å². The Morgan fingerprint density at radius 3 is 2.47 bits per heavy atom. The molecule has 1 unspecified atom stereocenters. The molecule has 2 aliphatic heterocycles. The lowest BCUT2D eigenvalue weighted by atomic mass is 9.61. The molecule has 6 nitrogen and oxygen atoms in total. The maximum atomic E-state index is 13.8. The molecular formula is C25H19Cl3N4O2. The van der Waals surface area contributed by atoms with Crippen molar-refractivity contribution in [1.29, 1.82) is 5.26 Å². The van der Waals surface area contributed by atoms with Crippen LogP contribution in [0.5, 0.6) is 0 Å². The number of nitriles is 1. The zero-order valence-corrected chi connectivity index (χ0v) is 20.6. The van der Waals surface area contributed by atoms with Gasteiger partial charge in [-0.1, -0.05) is 48.7 Å². The molecule has 1 spiro atoms. The van der Waals surface area contributed by atoms with Crippen molar-refractivity contribution in [3.8, 4) is 6.07 Å². The molecule has 9 heteroatoms. The van der Waals surface area contributed by atoms with Crippen LogP contribution >= 0.6 is 34.8 Å². The van der Waals surface area contributed by atoms with Crippen LogP contribution in [0.3, 0.4) is 0 Å². The lowest BCUT2D eigenvalue weighted by Crippen LogP contribution is -2.52. The third-order valence-corrected chi connectivity index (χ3v) is 7.59. The first-order valence-electron chi connectivity index (χ1n) is 10.5. The molecule has 2 heterocycles. The van der Waals surface area contributed by atoms with Crippen LogP contribution in [0.2, 0.25) is 15.1 Å². The van der Waals surface area contributed by atoms with E-state index >= 15 is 0 Å². The van der Waals surface area contributed by atoms with Gasteiger partial charge in [0.2, 0.25) is 5.91 Å². The van der Waals surface area contributed by atoms with Gasteiger partial charge in [-0.15, -0.1) is 0 Å². The van der Waals surface area contributed by atoms with Crippen LogP contribution in [0.15, 0.2) is 59.1 Å². The van der Waals surface area contributed by atoms with Gasteiger partial charge in [-0.2, -0.15) is 5.26 Å². The van der Waals surface area contributed by atoms with Crippen molar-refractivity contribution >= 4 is 57.9 Å². The monoisotopic (exact) mass is 512 g/mol. The minimum absolute atomic E-state index is 0.0381. The van der Waals surface area contributed by atoms with Crippen molar-refractivity contribution in [2.75, 3.05) is 10.2 Å². The molecule has 1 amide bonds. The quantitative estimate of drug-likeness (QED) is 0.510. The lowest BCUT2D eigenvalue weighted by Gasteiger charge is -2.46. The lowest BCUT2D eigenvalue weighted by molar-refractivity contribution is -0.123. The molecule has 5 rings (SSSR count). The summed E-state index contributed by atoms with van der Waals surface area (Å²) in [5, 5.41) is 14.2. The number of halogens is 3. The molecule has 0 bridgehead atoms. The fourth-order valence-corrected chi connectivity index (χ4v) is 5.77. The van der Waals surface area contributed by atoms with Gasteiger partial charge >= 0.3 is 0 Å². The van der Waals surface area contributed by atoms with Gasteiger partial charge in [0.05, 0.1) is 15.6 Å². The summed E-state index contributed by atoms with van der Waals surface area (Å²) in [5.74, 6) is -0.675. The molecule has 0 saturated heterocycles. The van der Waals surface area contributed by atoms with Gasteiger partial charge in [0.25, 0.3) is 0 Å². The van der Waals surface area contributed by atoms with Gasteiger partial charge in [-0.3, -0.25) is 14.5 Å². The number of nitrogens with zero attached hydrogens (tertiary/aromatic N) is 2. The zero-order valence-electron chi connectivity index (χ0n) is 18.3. The van der Waals surface area contributed by atoms with E-state index in [9.17, 15) is 14.9 Å². The largest absolute Gasteiger partial charge is 0.384 e. The minimum Gasteiger partial charge on any atom is -0.384 e. The van der Waals surface area contributed by atoms with Crippen LogP contribution in [-0.2, 0) is 15.0 Å². The van der Waals surface area contributed by atoms with Crippen molar-refractivity contribution in [1.82, 2.24) is 0 Å². The molecule has 2 aromatic rings. The number of ketones is 1. The van der Waals surface area contributed by atoms with Gasteiger partial charge < -0.3 is 11.1 Å². The summed E-state index contributed by atoms with van der Waals surface area (Å²) in [5.41, 5.74) is 6.79. The highest BCUT2D eigenvalue weighted by Gasteiger charge is 2.61. The third kappa shape index (κ3) is 3.01. The Kier molecular flexibility index (Phi) is 5.04. The average Bonchev–Trinajstić information content (AvgIpc) is 3.01. The molecule has 172 valence electrons. The minimum atomic E-state index is -1.69. The summed E-state index contributed by atoms with van der Waals surface area (Å²) < 4.78 is 0. The van der Waals surface area contributed by atoms with E-state index in [1.807, 2.05) is 13.8 Å². The van der Waals surface area contributed by atoms with Crippen LogP contribution in [0.1, 0.15) is 32.3 Å². The van der Waals surface area contributed by atoms with E-state index in [0.29, 0.717) is 44.1 Å². The molecule has 1 aliphatic carbocycles. The van der Waals surface area contributed by atoms with Crippen molar-refractivity contribution in [3.05, 3.63) is 79.7 Å². The number of nitrogens with one attached hydrogen (secondary N) is 1. The number of fused-ring (bicyclic) bond motifs is 3. The normalized spacial score (nSPS) is 23.1. The second kappa shape index (κ2) is 7.51. The molecular weight excluding hydrogens is 495 g/mol. The number of hydrogen-bond acceptors (Lipinski definition) is 5. The zero-order chi connectivity index (χ0) is 24.6. The topological polar surface area (TPSA) is 99.2 Å². The number of nitrogens with two attached hydrogens (primary N) is 1. The second-order valence-corrected chi connectivity index (χ2v) is 10.7. The average molecular weight is 514 g/mol. The number of Topliss-reactive ketones (excluding diaryl/α,β-unsaturated/α-hetero) is 1. The highest BCUT2D eigenvalue weighted by molar-refractivity contribution is 6.42. The summed E-state index contributed by atoms with van der Waals surface area (Å²) in [6.45, 7) is 3.96. The molecule has 3 aliphatic rings. The fraction of sp³-hybridized carbons (Fsp3) is 0.240. The summed E-state index contributed by atoms with van der Waals surface area (Å²) >= 11 is 18.7. The molecule has 34 heavy (non-hydrogen) atoms. The van der Waals surface area contributed by atoms with Crippen LogP contribution < -0.4 is 16.0 Å². The number of amides is 1. The Labute approximate surface area is 211 Å². The van der Waals surface area contributed by atoms with E-state index in [1.165, 1.54) is 0 Å². The van der Waals surface area contributed by atoms with E-state index in [1.54, 1.807) is 41.3 Å². The number of rotatable bonds is 1. The Bertz CT molecular complexity index is 1420. The first-order chi connectivity index (χ1) is 16.0. The van der Waals surface area contributed by atoms with Crippen LogP contribution in [0, 0.1) is 16.7 Å². The van der Waals surface area contributed by atoms with Crippen LogP contribution in [0.4, 0.5) is 11.4 Å². The first kappa shape index (κ1) is 22.8. The van der Waals surface area contributed by atoms with Gasteiger partial charge in [0.1, 0.15) is 17.3 Å². The Morgan fingerprint density at radius 1 is 1.06 bits per heavy atom. The third-order valence-electron chi connectivity index (χ3n) is 6.62.